The molecule has 0 radical (unpaired) electrons. The van der Waals surface area contributed by atoms with Gasteiger partial charge in [0, 0.05) is 31.4 Å². The van der Waals surface area contributed by atoms with Crippen molar-refractivity contribution in [1.82, 2.24) is 19.8 Å². The molecule has 0 bridgehead atoms. The van der Waals surface area contributed by atoms with Crippen LogP contribution in [-0.2, 0) is 4.79 Å². The zero-order valence-corrected chi connectivity index (χ0v) is 8.79. The number of aromatic nitrogens is 2. The van der Waals surface area contributed by atoms with Gasteiger partial charge in [-0.3, -0.25) is 9.59 Å². The molecule has 2 heterocycles. The van der Waals surface area contributed by atoms with Gasteiger partial charge in [0.1, 0.15) is 0 Å². The Balaban J connectivity index is 2.04. The highest BCUT2D eigenvalue weighted by atomic mass is 32.1. The average molecular weight is 226 g/mol. The van der Waals surface area contributed by atoms with Gasteiger partial charge < -0.3 is 10.2 Å². The normalized spacial score (nSPS) is 17.1. The van der Waals surface area contributed by atoms with Crippen molar-refractivity contribution in [3.63, 3.8) is 0 Å². The number of carbonyl (C=O) groups is 2. The molecule has 1 fully saturated rings. The van der Waals surface area contributed by atoms with Gasteiger partial charge in [0.2, 0.25) is 5.91 Å². The van der Waals surface area contributed by atoms with Crippen LogP contribution in [0.3, 0.4) is 0 Å². The fourth-order valence-corrected chi connectivity index (χ4v) is 1.82. The Labute approximate surface area is 90.4 Å². The molecule has 2 rings (SSSR count). The summed E-state index contributed by atoms with van der Waals surface area (Å²) in [5.41, 5.74) is 0.356. The Hall–Kier alpha value is -1.50. The van der Waals surface area contributed by atoms with Crippen LogP contribution in [0.2, 0.25) is 0 Å². The van der Waals surface area contributed by atoms with Crippen molar-refractivity contribution >= 4 is 23.3 Å². The molecule has 1 aromatic heterocycles. The van der Waals surface area contributed by atoms with Gasteiger partial charge in [-0.25, -0.2) is 0 Å². The molecule has 0 aliphatic carbocycles. The molecule has 1 saturated heterocycles. The molecular weight excluding hydrogens is 216 g/mol. The predicted octanol–water partition coefficient (Wildman–Crippen LogP) is -0.500. The highest BCUT2D eigenvalue weighted by Crippen LogP contribution is 2.05. The summed E-state index contributed by atoms with van der Waals surface area (Å²) in [6.07, 6.45) is 0.351. The van der Waals surface area contributed by atoms with Crippen LogP contribution in [-0.4, -0.2) is 45.9 Å². The molecule has 0 unspecified atom stereocenters. The lowest BCUT2D eigenvalue weighted by molar-refractivity contribution is -0.120. The number of hydrogen-bond acceptors (Lipinski definition) is 5. The Bertz CT molecular complexity index is 365. The summed E-state index contributed by atoms with van der Waals surface area (Å²) >= 11 is 1.15. The summed E-state index contributed by atoms with van der Waals surface area (Å²) in [6.45, 7) is 1.48. The molecule has 1 aliphatic heterocycles. The lowest BCUT2D eigenvalue weighted by atomic mass is 10.3. The van der Waals surface area contributed by atoms with Gasteiger partial charge >= 0.3 is 0 Å². The Morgan fingerprint density at radius 2 is 2.40 bits per heavy atom. The van der Waals surface area contributed by atoms with Crippen molar-refractivity contribution in [2.45, 2.75) is 6.42 Å². The summed E-state index contributed by atoms with van der Waals surface area (Å²) in [6, 6.07) is 0. The van der Waals surface area contributed by atoms with E-state index < -0.39 is 0 Å². The van der Waals surface area contributed by atoms with E-state index in [1.807, 2.05) is 0 Å². The first-order valence-electron chi connectivity index (χ1n) is 4.60. The molecule has 0 spiro atoms. The third kappa shape index (κ3) is 2.30. The predicted molar refractivity (Wildman–Crippen MR) is 53.4 cm³/mol. The molecule has 1 aliphatic rings. The third-order valence-electron chi connectivity index (χ3n) is 2.18. The van der Waals surface area contributed by atoms with E-state index in [0.717, 1.165) is 11.5 Å². The van der Waals surface area contributed by atoms with Crippen molar-refractivity contribution in [1.29, 1.82) is 0 Å². The molecule has 7 heteroatoms. The van der Waals surface area contributed by atoms with Crippen molar-refractivity contribution in [2.24, 2.45) is 0 Å². The minimum absolute atomic E-state index is 0.0123. The van der Waals surface area contributed by atoms with Crippen molar-refractivity contribution in [3.8, 4) is 0 Å². The van der Waals surface area contributed by atoms with E-state index in [4.69, 9.17) is 0 Å². The van der Waals surface area contributed by atoms with Crippen molar-refractivity contribution < 1.29 is 9.59 Å². The number of amides is 2. The molecule has 15 heavy (non-hydrogen) atoms. The summed E-state index contributed by atoms with van der Waals surface area (Å²) in [7, 11) is 0. The lowest BCUT2D eigenvalue weighted by Gasteiger charge is -2.17. The third-order valence-corrected chi connectivity index (χ3v) is 2.68. The van der Waals surface area contributed by atoms with Crippen LogP contribution in [0, 0.1) is 0 Å². The van der Waals surface area contributed by atoms with Gasteiger partial charge in [-0.1, -0.05) is 4.49 Å². The topological polar surface area (TPSA) is 75.2 Å². The van der Waals surface area contributed by atoms with Gasteiger partial charge in [-0.15, -0.1) is 5.10 Å². The fourth-order valence-electron chi connectivity index (χ4n) is 1.39. The van der Waals surface area contributed by atoms with E-state index in [-0.39, 0.29) is 11.8 Å². The van der Waals surface area contributed by atoms with Gasteiger partial charge in [0.15, 0.2) is 5.69 Å². The summed E-state index contributed by atoms with van der Waals surface area (Å²) in [4.78, 5) is 24.5. The largest absolute Gasteiger partial charge is 0.354 e. The average Bonchev–Trinajstić information content (AvgIpc) is 2.67. The van der Waals surface area contributed by atoms with Crippen molar-refractivity contribution in [3.05, 3.63) is 11.1 Å². The first kappa shape index (κ1) is 10.0. The fraction of sp³-hybridized carbons (Fsp3) is 0.500. The quantitative estimate of drug-likeness (QED) is 0.700. The monoisotopic (exact) mass is 226 g/mol. The zero-order valence-electron chi connectivity index (χ0n) is 7.97. The van der Waals surface area contributed by atoms with E-state index in [9.17, 15) is 9.59 Å². The highest BCUT2D eigenvalue weighted by molar-refractivity contribution is 7.03. The van der Waals surface area contributed by atoms with Crippen LogP contribution in [0.1, 0.15) is 16.9 Å². The molecule has 2 amide bonds. The van der Waals surface area contributed by atoms with E-state index in [1.54, 1.807) is 10.3 Å². The smallest absolute Gasteiger partial charge is 0.275 e. The van der Waals surface area contributed by atoms with Gasteiger partial charge in [-0.2, -0.15) is 0 Å². The molecule has 0 saturated carbocycles. The maximum absolute atomic E-state index is 11.8. The second kappa shape index (κ2) is 4.35. The maximum atomic E-state index is 11.8. The number of carbonyl (C=O) groups excluding carboxylic acids is 2. The number of nitrogens with zero attached hydrogens (tertiary/aromatic N) is 3. The molecular formula is C8H10N4O2S. The van der Waals surface area contributed by atoms with Gasteiger partial charge in [0.25, 0.3) is 5.91 Å². The van der Waals surface area contributed by atoms with Crippen LogP contribution >= 0.6 is 11.5 Å². The molecule has 80 valence electrons. The molecule has 1 N–H and O–H groups in total. The molecule has 0 atom stereocenters. The van der Waals surface area contributed by atoms with Crippen LogP contribution in [0.15, 0.2) is 5.38 Å². The number of hydrogen-bond donors (Lipinski definition) is 1. The second-order valence-corrected chi connectivity index (χ2v) is 3.79. The highest BCUT2D eigenvalue weighted by Gasteiger charge is 2.21. The number of rotatable bonds is 1. The standard InChI is InChI=1S/C8H10N4O2S/c13-7-1-3-12(4-2-9-7)8(14)6-5-15-11-10-6/h5H,1-4H2,(H,9,13). The Morgan fingerprint density at radius 3 is 3.13 bits per heavy atom. The van der Waals surface area contributed by atoms with Crippen LogP contribution < -0.4 is 5.32 Å². The summed E-state index contributed by atoms with van der Waals surface area (Å²) in [5, 5.41) is 8.03. The molecule has 0 aromatic carbocycles. The second-order valence-electron chi connectivity index (χ2n) is 3.18. The minimum atomic E-state index is -0.153. The molecule has 6 nitrogen and oxygen atoms in total. The Morgan fingerprint density at radius 1 is 1.53 bits per heavy atom. The minimum Gasteiger partial charge on any atom is -0.354 e. The van der Waals surface area contributed by atoms with Crippen LogP contribution in [0.4, 0.5) is 0 Å². The van der Waals surface area contributed by atoms with Crippen LogP contribution in [0.25, 0.3) is 0 Å². The van der Waals surface area contributed by atoms with Crippen LogP contribution in [0.5, 0.6) is 0 Å². The van der Waals surface area contributed by atoms with E-state index in [1.165, 1.54) is 0 Å². The maximum Gasteiger partial charge on any atom is 0.275 e. The lowest BCUT2D eigenvalue weighted by Crippen LogP contribution is -2.34. The Kier molecular flexibility index (Phi) is 2.91. The molecule has 1 aromatic rings. The number of nitrogens with one attached hydrogen (secondary N) is 1. The van der Waals surface area contributed by atoms with Crippen molar-refractivity contribution in [2.75, 3.05) is 19.6 Å². The zero-order chi connectivity index (χ0) is 10.7. The van der Waals surface area contributed by atoms with E-state index in [0.29, 0.717) is 31.7 Å². The van der Waals surface area contributed by atoms with E-state index in [2.05, 4.69) is 14.9 Å². The first-order chi connectivity index (χ1) is 7.27. The first-order valence-corrected chi connectivity index (χ1v) is 5.44. The van der Waals surface area contributed by atoms with Gasteiger partial charge in [0.05, 0.1) is 0 Å². The SMILES string of the molecule is O=C1CCN(C(=O)c2csnn2)CCN1. The summed E-state index contributed by atoms with van der Waals surface area (Å²) < 4.78 is 3.64. The van der Waals surface area contributed by atoms with E-state index >= 15 is 0 Å². The van der Waals surface area contributed by atoms with Gasteiger partial charge in [-0.05, 0) is 11.5 Å². The summed E-state index contributed by atoms with van der Waals surface area (Å²) in [5.74, 6) is -0.165.